The highest BCUT2D eigenvalue weighted by molar-refractivity contribution is 5.84. The molecule has 1 amide bonds. The molecule has 0 aliphatic carbocycles. The van der Waals surface area contributed by atoms with Crippen molar-refractivity contribution in [3.8, 4) is 11.5 Å². The number of allylic oxidation sites excluding steroid dienone is 1. The minimum absolute atomic E-state index is 0.138. The van der Waals surface area contributed by atoms with Gasteiger partial charge >= 0.3 is 0 Å². The number of hydrazone groups is 1. The molecule has 1 N–H and O–H groups in total. The number of carbonyl (C=O) groups is 1. The molecule has 0 radical (unpaired) electrons. The van der Waals surface area contributed by atoms with Gasteiger partial charge in [0.2, 0.25) is 6.10 Å². The van der Waals surface area contributed by atoms with Crippen molar-refractivity contribution < 1.29 is 14.3 Å². The third-order valence-electron chi connectivity index (χ3n) is 4.15. The Bertz CT molecular complexity index is 1030. The molecule has 4 rings (SSSR count). The van der Waals surface area contributed by atoms with E-state index in [-0.39, 0.29) is 12.5 Å². The van der Waals surface area contributed by atoms with Gasteiger partial charge in [0.15, 0.2) is 11.5 Å². The summed E-state index contributed by atoms with van der Waals surface area (Å²) in [6.45, 7) is 0.789. The Morgan fingerprint density at radius 2 is 1.97 bits per heavy atom. The molecular formula is C21H19N5O3. The largest absolute Gasteiger partial charge is 0.485 e. The van der Waals surface area contributed by atoms with E-state index in [1.54, 1.807) is 29.0 Å². The van der Waals surface area contributed by atoms with E-state index in [9.17, 15) is 4.79 Å². The van der Waals surface area contributed by atoms with Gasteiger partial charge in [-0.05, 0) is 29.8 Å². The van der Waals surface area contributed by atoms with Crippen molar-refractivity contribution in [1.29, 1.82) is 0 Å². The number of ether oxygens (including phenoxy) is 2. The van der Waals surface area contributed by atoms with Crippen LogP contribution in [0.1, 0.15) is 11.3 Å². The second-order valence-electron chi connectivity index (χ2n) is 6.30. The first-order valence-corrected chi connectivity index (χ1v) is 9.10. The van der Waals surface area contributed by atoms with Gasteiger partial charge in [0.05, 0.1) is 12.7 Å². The predicted molar refractivity (Wildman–Crippen MR) is 108 cm³/mol. The minimum atomic E-state index is -0.746. The lowest BCUT2D eigenvalue weighted by Gasteiger charge is -2.24. The van der Waals surface area contributed by atoms with E-state index in [0.717, 1.165) is 5.56 Å². The van der Waals surface area contributed by atoms with E-state index in [2.05, 4.69) is 20.8 Å². The standard InChI is InChI=1S/C21H19N5O3/c27-21(20-15-28-18-10-4-5-11-19(18)29-20)24-22-12-6-9-17-14-26(25-23-17)13-16-7-2-1-3-8-16/h1-12,14,20H,13,15H2,(H,24,27)/b9-6+,22-12-/t20-/m0/s1. The van der Waals surface area contributed by atoms with Gasteiger partial charge in [0, 0.05) is 6.21 Å². The number of rotatable bonds is 6. The Morgan fingerprint density at radius 1 is 1.17 bits per heavy atom. The number of fused-ring (bicyclic) bond motifs is 1. The third kappa shape index (κ3) is 4.86. The lowest BCUT2D eigenvalue weighted by atomic mass is 10.2. The molecule has 8 nitrogen and oxygen atoms in total. The summed E-state index contributed by atoms with van der Waals surface area (Å²) in [6.07, 6.45) is 5.97. The van der Waals surface area contributed by atoms with Crippen LogP contribution in [-0.4, -0.2) is 39.8 Å². The Labute approximate surface area is 167 Å². The Morgan fingerprint density at radius 3 is 2.83 bits per heavy atom. The highest BCUT2D eigenvalue weighted by atomic mass is 16.6. The molecule has 0 saturated heterocycles. The average Bonchev–Trinajstić information content (AvgIpc) is 3.21. The molecule has 1 aliphatic heterocycles. The van der Waals surface area contributed by atoms with Gasteiger partial charge < -0.3 is 9.47 Å². The summed E-state index contributed by atoms with van der Waals surface area (Å²) >= 11 is 0. The van der Waals surface area contributed by atoms with Crippen LogP contribution in [-0.2, 0) is 11.3 Å². The number of aromatic nitrogens is 3. The molecule has 29 heavy (non-hydrogen) atoms. The Hall–Kier alpha value is -3.94. The van der Waals surface area contributed by atoms with Crippen LogP contribution in [0, 0.1) is 0 Å². The zero-order valence-corrected chi connectivity index (χ0v) is 15.5. The van der Waals surface area contributed by atoms with E-state index in [1.807, 2.05) is 48.7 Å². The van der Waals surface area contributed by atoms with E-state index < -0.39 is 6.10 Å². The fourth-order valence-corrected chi connectivity index (χ4v) is 2.74. The van der Waals surface area contributed by atoms with Crippen LogP contribution in [0.25, 0.3) is 6.08 Å². The molecule has 2 heterocycles. The minimum Gasteiger partial charge on any atom is -0.485 e. The second-order valence-corrected chi connectivity index (χ2v) is 6.30. The van der Waals surface area contributed by atoms with Crippen LogP contribution < -0.4 is 14.9 Å². The van der Waals surface area contributed by atoms with Gasteiger partial charge in [0.25, 0.3) is 5.91 Å². The molecule has 3 aromatic rings. The highest BCUT2D eigenvalue weighted by Gasteiger charge is 2.26. The van der Waals surface area contributed by atoms with Gasteiger partial charge in [-0.15, -0.1) is 5.10 Å². The summed E-state index contributed by atoms with van der Waals surface area (Å²) in [6, 6.07) is 17.2. The summed E-state index contributed by atoms with van der Waals surface area (Å²) in [4.78, 5) is 12.1. The number of amides is 1. The van der Waals surface area contributed by atoms with Crippen LogP contribution in [0.2, 0.25) is 0 Å². The lowest BCUT2D eigenvalue weighted by Crippen LogP contribution is -2.42. The SMILES string of the molecule is O=C(N/N=C\C=C\c1cn(Cc2ccccc2)nn1)[C@@H]1COc2ccccc2O1. The second kappa shape index (κ2) is 8.83. The van der Waals surface area contributed by atoms with E-state index in [4.69, 9.17) is 9.47 Å². The smallest absolute Gasteiger partial charge is 0.284 e. The Kier molecular flexibility index (Phi) is 5.61. The predicted octanol–water partition coefficient (Wildman–Crippen LogP) is 2.28. The zero-order chi connectivity index (χ0) is 19.9. The fourth-order valence-electron chi connectivity index (χ4n) is 2.74. The molecule has 8 heteroatoms. The molecule has 0 bridgehead atoms. The van der Waals surface area contributed by atoms with Gasteiger partial charge in [-0.1, -0.05) is 47.7 Å². The van der Waals surface area contributed by atoms with Crippen molar-refractivity contribution in [3.63, 3.8) is 0 Å². The first kappa shape index (κ1) is 18.4. The normalized spacial score (nSPS) is 15.7. The number of nitrogens with zero attached hydrogens (tertiary/aromatic N) is 4. The molecule has 1 atom stereocenters. The molecule has 0 fully saturated rings. The topological polar surface area (TPSA) is 90.6 Å². The van der Waals surface area contributed by atoms with Crippen molar-refractivity contribution >= 4 is 18.2 Å². The number of hydrogen-bond acceptors (Lipinski definition) is 6. The number of nitrogens with one attached hydrogen (secondary N) is 1. The van der Waals surface area contributed by atoms with Gasteiger partial charge in [-0.25, -0.2) is 10.1 Å². The average molecular weight is 389 g/mol. The molecule has 0 spiro atoms. The van der Waals surface area contributed by atoms with E-state index in [0.29, 0.717) is 23.7 Å². The fraction of sp³-hybridized carbons (Fsp3) is 0.143. The molecular weight excluding hydrogens is 370 g/mol. The maximum atomic E-state index is 12.1. The molecule has 1 aromatic heterocycles. The van der Waals surface area contributed by atoms with Crippen LogP contribution in [0.5, 0.6) is 11.5 Å². The van der Waals surface area contributed by atoms with Crippen LogP contribution >= 0.6 is 0 Å². The van der Waals surface area contributed by atoms with Crippen LogP contribution in [0.15, 0.2) is 72.0 Å². The summed E-state index contributed by atoms with van der Waals surface area (Å²) in [7, 11) is 0. The number of hydrogen-bond donors (Lipinski definition) is 1. The lowest BCUT2D eigenvalue weighted by molar-refractivity contribution is -0.130. The summed E-state index contributed by atoms with van der Waals surface area (Å²) in [5.41, 5.74) is 4.28. The molecule has 0 saturated carbocycles. The van der Waals surface area contributed by atoms with Crippen LogP contribution in [0.4, 0.5) is 0 Å². The summed E-state index contributed by atoms with van der Waals surface area (Å²) < 4.78 is 12.9. The highest BCUT2D eigenvalue weighted by Crippen LogP contribution is 2.30. The first-order valence-electron chi connectivity index (χ1n) is 9.10. The summed E-state index contributed by atoms with van der Waals surface area (Å²) in [5, 5.41) is 12.1. The molecule has 0 unspecified atom stereocenters. The van der Waals surface area contributed by atoms with Gasteiger partial charge in [-0.3, -0.25) is 4.79 Å². The van der Waals surface area contributed by atoms with E-state index >= 15 is 0 Å². The molecule has 1 aliphatic rings. The first-order chi connectivity index (χ1) is 14.3. The number of para-hydroxylation sites is 2. The zero-order valence-electron chi connectivity index (χ0n) is 15.5. The molecule has 2 aromatic carbocycles. The van der Waals surface area contributed by atoms with Gasteiger partial charge in [0.1, 0.15) is 12.3 Å². The Balaban J connectivity index is 1.25. The molecule has 146 valence electrons. The van der Waals surface area contributed by atoms with Crippen molar-refractivity contribution in [2.45, 2.75) is 12.6 Å². The van der Waals surface area contributed by atoms with Crippen molar-refractivity contribution in [2.75, 3.05) is 6.61 Å². The summed E-state index contributed by atoms with van der Waals surface area (Å²) in [5.74, 6) is 0.794. The van der Waals surface area contributed by atoms with Gasteiger partial charge in [-0.2, -0.15) is 5.10 Å². The third-order valence-corrected chi connectivity index (χ3v) is 4.15. The van der Waals surface area contributed by atoms with Crippen LogP contribution in [0.3, 0.4) is 0 Å². The van der Waals surface area contributed by atoms with Crippen molar-refractivity contribution in [1.82, 2.24) is 20.4 Å². The number of carbonyl (C=O) groups excluding carboxylic acids is 1. The maximum Gasteiger partial charge on any atom is 0.284 e. The van der Waals surface area contributed by atoms with E-state index in [1.165, 1.54) is 6.21 Å². The quantitative estimate of drug-likeness (QED) is 0.516. The van der Waals surface area contributed by atoms with Crippen molar-refractivity contribution in [3.05, 3.63) is 78.1 Å². The number of benzene rings is 2. The monoisotopic (exact) mass is 389 g/mol. The maximum absolute atomic E-state index is 12.1. The van der Waals surface area contributed by atoms with Crippen molar-refractivity contribution in [2.24, 2.45) is 5.10 Å².